The number of aliphatic hydroxyl groups excluding tert-OH is 1. The van der Waals surface area contributed by atoms with E-state index >= 15 is 0 Å². The second-order valence-electron chi connectivity index (χ2n) is 4.66. The Kier molecular flexibility index (Phi) is 4.55. The van der Waals surface area contributed by atoms with Crippen LogP contribution in [0.2, 0.25) is 0 Å². The van der Waals surface area contributed by atoms with Crippen LogP contribution in [0.1, 0.15) is 31.7 Å². The summed E-state index contributed by atoms with van der Waals surface area (Å²) in [6.07, 6.45) is 1.71. The second kappa shape index (κ2) is 6.16. The molecule has 18 heavy (non-hydrogen) atoms. The Morgan fingerprint density at radius 1 is 1.44 bits per heavy atom. The van der Waals surface area contributed by atoms with Gasteiger partial charge in [-0.3, -0.25) is 0 Å². The van der Waals surface area contributed by atoms with E-state index in [1.54, 1.807) is 6.07 Å². The molecule has 1 aliphatic carbocycles. The van der Waals surface area contributed by atoms with Crippen molar-refractivity contribution in [1.29, 1.82) is 0 Å². The van der Waals surface area contributed by atoms with E-state index in [0.29, 0.717) is 6.54 Å². The Morgan fingerprint density at radius 3 is 2.94 bits per heavy atom. The quantitative estimate of drug-likeness (QED) is 0.845. The molecule has 0 aromatic heterocycles. The summed E-state index contributed by atoms with van der Waals surface area (Å²) in [5.74, 6) is -0.0751. The summed E-state index contributed by atoms with van der Waals surface area (Å²) in [5, 5.41) is 12.9. The molecular formula is C14H20FNO2. The summed E-state index contributed by atoms with van der Waals surface area (Å²) in [5.41, 5.74) is 0.802. The van der Waals surface area contributed by atoms with Crippen molar-refractivity contribution in [2.24, 2.45) is 0 Å². The van der Waals surface area contributed by atoms with Gasteiger partial charge in [0.25, 0.3) is 0 Å². The predicted octanol–water partition coefficient (Wildman–Crippen LogP) is 2.23. The number of hydrogen-bond donors (Lipinski definition) is 2. The molecule has 2 rings (SSSR count). The number of nitrogens with one attached hydrogen (secondary N) is 1. The van der Waals surface area contributed by atoms with Gasteiger partial charge < -0.3 is 15.2 Å². The van der Waals surface area contributed by atoms with Crippen LogP contribution >= 0.6 is 0 Å². The Hall–Kier alpha value is -1.13. The Morgan fingerprint density at radius 2 is 2.28 bits per heavy atom. The van der Waals surface area contributed by atoms with Crippen LogP contribution in [0, 0.1) is 5.82 Å². The molecule has 2 atom stereocenters. The van der Waals surface area contributed by atoms with Crippen molar-refractivity contribution in [2.75, 3.05) is 6.54 Å². The van der Waals surface area contributed by atoms with Crippen molar-refractivity contribution in [3.63, 3.8) is 0 Å². The zero-order valence-electron chi connectivity index (χ0n) is 10.7. The third kappa shape index (κ3) is 3.00. The number of benzene rings is 1. The van der Waals surface area contributed by atoms with Gasteiger partial charge in [0.2, 0.25) is 0 Å². The lowest BCUT2D eigenvalue weighted by Gasteiger charge is -2.20. The first kappa shape index (κ1) is 13.3. The van der Waals surface area contributed by atoms with Gasteiger partial charge in [-0.05, 0) is 31.9 Å². The summed E-state index contributed by atoms with van der Waals surface area (Å²) >= 11 is 0. The van der Waals surface area contributed by atoms with E-state index in [2.05, 4.69) is 5.32 Å². The van der Waals surface area contributed by atoms with Crippen LogP contribution in [0.3, 0.4) is 0 Å². The fourth-order valence-electron chi connectivity index (χ4n) is 2.28. The van der Waals surface area contributed by atoms with Gasteiger partial charge >= 0.3 is 0 Å². The van der Waals surface area contributed by atoms with Gasteiger partial charge in [0, 0.05) is 12.1 Å². The molecule has 0 heterocycles. The van der Waals surface area contributed by atoms with Gasteiger partial charge in [-0.1, -0.05) is 19.1 Å². The van der Waals surface area contributed by atoms with Crippen molar-refractivity contribution < 1.29 is 14.2 Å². The topological polar surface area (TPSA) is 41.5 Å². The fraction of sp³-hybridized carbons (Fsp3) is 0.571. The SMILES string of the molecule is CCNCc1cccc(F)c1OC1CCCC1O. The van der Waals surface area contributed by atoms with E-state index in [-0.39, 0.29) is 17.7 Å². The summed E-state index contributed by atoms with van der Waals surface area (Å²) in [6.45, 7) is 3.40. The molecule has 0 saturated heterocycles. The van der Waals surface area contributed by atoms with Crippen LogP contribution < -0.4 is 10.1 Å². The highest BCUT2D eigenvalue weighted by atomic mass is 19.1. The zero-order valence-corrected chi connectivity index (χ0v) is 10.7. The molecule has 2 unspecified atom stereocenters. The molecule has 1 aromatic rings. The van der Waals surface area contributed by atoms with E-state index < -0.39 is 6.10 Å². The number of aliphatic hydroxyl groups is 1. The van der Waals surface area contributed by atoms with Gasteiger partial charge in [-0.2, -0.15) is 0 Å². The molecule has 4 heteroatoms. The smallest absolute Gasteiger partial charge is 0.165 e. The normalized spacial score (nSPS) is 23.3. The minimum absolute atomic E-state index is 0.276. The molecule has 100 valence electrons. The standard InChI is InChI=1S/C14H20FNO2/c1-2-16-9-10-5-3-6-11(15)14(10)18-13-8-4-7-12(13)17/h3,5-6,12-13,16-17H,2,4,7-9H2,1H3. The molecule has 0 spiro atoms. The summed E-state index contributed by atoms with van der Waals surface area (Å²) in [7, 11) is 0. The van der Waals surface area contributed by atoms with E-state index in [0.717, 1.165) is 31.4 Å². The van der Waals surface area contributed by atoms with E-state index in [1.165, 1.54) is 6.07 Å². The Bertz CT molecular complexity index is 397. The van der Waals surface area contributed by atoms with E-state index in [9.17, 15) is 9.50 Å². The number of ether oxygens (including phenoxy) is 1. The van der Waals surface area contributed by atoms with Crippen LogP contribution in [-0.2, 0) is 6.54 Å². The van der Waals surface area contributed by atoms with Crippen molar-refractivity contribution in [3.8, 4) is 5.75 Å². The molecule has 0 radical (unpaired) electrons. The largest absolute Gasteiger partial charge is 0.484 e. The van der Waals surface area contributed by atoms with Crippen molar-refractivity contribution in [1.82, 2.24) is 5.32 Å². The molecule has 1 aliphatic rings. The molecule has 2 N–H and O–H groups in total. The van der Waals surface area contributed by atoms with Gasteiger partial charge in [-0.15, -0.1) is 0 Å². The number of para-hydroxylation sites is 1. The van der Waals surface area contributed by atoms with E-state index in [4.69, 9.17) is 4.74 Å². The minimum Gasteiger partial charge on any atom is -0.484 e. The van der Waals surface area contributed by atoms with Crippen LogP contribution in [0.5, 0.6) is 5.75 Å². The van der Waals surface area contributed by atoms with Crippen LogP contribution in [0.15, 0.2) is 18.2 Å². The highest BCUT2D eigenvalue weighted by Crippen LogP contribution is 2.29. The fourth-order valence-corrected chi connectivity index (χ4v) is 2.28. The number of halogens is 1. The molecule has 0 amide bonds. The predicted molar refractivity (Wildman–Crippen MR) is 68.1 cm³/mol. The summed E-state index contributed by atoms with van der Waals surface area (Å²) in [6, 6.07) is 4.93. The number of rotatable bonds is 5. The molecule has 0 aliphatic heterocycles. The maximum atomic E-state index is 13.8. The molecule has 0 bridgehead atoms. The Labute approximate surface area is 107 Å². The number of hydrogen-bond acceptors (Lipinski definition) is 3. The lowest BCUT2D eigenvalue weighted by Crippen LogP contribution is -2.27. The van der Waals surface area contributed by atoms with Crippen LogP contribution in [0.25, 0.3) is 0 Å². The van der Waals surface area contributed by atoms with Crippen molar-refractivity contribution in [3.05, 3.63) is 29.6 Å². The summed E-state index contributed by atoms with van der Waals surface area (Å²) < 4.78 is 19.5. The lowest BCUT2D eigenvalue weighted by atomic mass is 10.1. The van der Waals surface area contributed by atoms with E-state index in [1.807, 2.05) is 13.0 Å². The third-order valence-electron chi connectivity index (χ3n) is 3.30. The molecule has 3 nitrogen and oxygen atoms in total. The van der Waals surface area contributed by atoms with Gasteiger partial charge in [0.15, 0.2) is 11.6 Å². The monoisotopic (exact) mass is 253 g/mol. The highest BCUT2D eigenvalue weighted by Gasteiger charge is 2.28. The third-order valence-corrected chi connectivity index (χ3v) is 3.30. The maximum absolute atomic E-state index is 13.8. The molecule has 1 saturated carbocycles. The minimum atomic E-state index is -0.475. The first-order valence-electron chi connectivity index (χ1n) is 6.55. The van der Waals surface area contributed by atoms with Gasteiger partial charge in [-0.25, -0.2) is 4.39 Å². The zero-order chi connectivity index (χ0) is 13.0. The average molecular weight is 253 g/mol. The first-order chi connectivity index (χ1) is 8.72. The van der Waals surface area contributed by atoms with Crippen LogP contribution in [0.4, 0.5) is 4.39 Å². The maximum Gasteiger partial charge on any atom is 0.165 e. The molecular weight excluding hydrogens is 233 g/mol. The average Bonchev–Trinajstić information content (AvgIpc) is 2.76. The van der Waals surface area contributed by atoms with Crippen LogP contribution in [-0.4, -0.2) is 23.9 Å². The van der Waals surface area contributed by atoms with Crippen molar-refractivity contribution in [2.45, 2.75) is 44.9 Å². The van der Waals surface area contributed by atoms with Gasteiger partial charge in [0.1, 0.15) is 6.10 Å². The summed E-state index contributed by atoms with van der Waals surface area (Å²) in [4.78, 5) is 0. The van der Waals surface area contributed by atoms with Crippen molar-refractivity contribution >= 4 is 0 Å². The first-order valence-corrected chi connectivity index (χ1v) is 6.55. The molecule has 1 fully saturated rings. The Balaban J connectivity index is 2.14. The second-order valence-corrected chi connectivity index (χ2v) is 4.66. The van der Waals surface area contributed by atoms with Gasteiger partial charge in [0.05, 0.1) is 6.10 Å². The highest BCUT2D eigenvalue weighted by molar-refractivity contribution is 5.35. The molecule has 1 aromatic carbocycles. The lowest BCUT2D eigenvalue weighted by molar-refractivity contribution is 0.0571.